The van der Waals surface area contributed by atoms with Crippen molar-refractivity contribution in [2.75, 3.05) is 39.2 Å². The predicted octanol–water partition coefficient (Wildman–Crippen LogP) is 2.56. The number of methoxy groups -OCH3 is 1. The lowest BCUT2D eigenvalue weighted by Crippen LogP contribution is -2.36. The minimum absolute atomic E-state index is 0.263. The minimum atomic E-state index is -0.533. The van der Waals surface area contributed by atoms with Crippen LogP contribution in [0.3, 0.4) is 0 Å². The van der Waals surface area contributed by atoms with Crippen molar-refractivity contribution in [2.45, 2.75) is 6.54 Å². The number of esters is 1. The molecule has 26 heavy (non-hydrogen) atoms. The van der Waals surface area contributed by atoms with Gasteiger partial charge in [-0.1, -0.05) is 42.5 Å². The van der Waals surface area contributed by atoms with E-state index in [2.05, 4.69) is 5.32 Å². The molecule has 2 aromatic rings. The fourth-order valence-corrected chi connectivity index (χ4v) is 2.47. The van der Waals surface area contributed by atoms with Gasteiger partial charge in [0.05, 0.1) is 12.2 Å². The number of carbonyl (C=O) groups is 2. The maximum Gasteiger partial charge on any atom is 0.340 e. The molecule has 2 aromatic carbocycles. The van der Waals surface area contributed by atoms with E-state index in [0.29, 0.717) is 30.9 Å². The maximum absolute atomic E-state index is 12.5. The Balaban J connectivity index is 1.98. The molecule has 0 fully saturated rings. The molecule has 0 aliphatic rings. The third kappa shape index (κ3) is 5.60. The van der Waals surface area contributed by atoms with Gasteiger partial charge in [-0.05, 0) is 17.7 Å². The summed E-state index contributed by atoms with van der Waals surface area (Å²) < 4.78 is 10.3. The number of amides is 1. The first-order chi connectivity index (χ1) is 12.7. The summed E-state index contributed by atoms with van der Waals surface area (Å²) in [5.74, 6) is -0.795. The van der Waals surface area contributed by atoms with E-state index < -0.39 is 5.97 Å². The summed E-state index contributed by atoms with van der Waals surface area (Å²) in [6.07, 6.45) is 0. The van der Waals surface area contributed by atoms with Gasteiger partial charge in [-0.15, -0.1) is 0 Å². The topological polar surface area (TPSA) is 67.9 Å². The molecule has 0 aliphatic carbocycles. The van der Waals surface area contributed by atoms with Crippen LogP contribution in [-0.2, 0) is 20.8 Å². The van der Waals surface area contributed by atoms with E-state index in [9.17, 15) is 9.59 Å². The van der Waals surface area contributed by atoms with E-state index in [1.165, 1.54) is 0 Å². The lowest BCUT2D eigenvalue weighted by Gasteiger charge is -2.22. The SMILES string of the molecule is CNc1ccccc1C(=O)OCC(=O)N(CCOC)Cc1ccccc1. The third-order valence-corrected chi connectivity index (χ3v) is 3.88. The van der Waals surface area contributed by atoms with Gasteiger partial charge in [0.2, 0.25) is 0 Å². The Morgan fingerprint density at radius 2 is 1.73 bits per heavy atom. The normalized spacial score (nSPS) is 10.2. The molecule has 6 nitrogen and oxygen atoms in total. The summed E-state index contributed by atoms with van der Waals surface area (Å²) in [4.78, 5) is 26.4. The Kier molecular flexibility index (Phi) is 7.64. The Hall–Kier alpha value is -2.86. The zero-order valence-corrected chi connectivity index (χ0v) is 15.1. The van der Waals surface area contributed by atoms with Crippen molar-refractivity contribution in [2.24, 2.45) is 0 Å². The third-order valence-electron chi connectivity index (χ3n) is 3.88. The Morgan fingerprint density at radius 3 is 2.42 bits per heavy atom. The average molecular weight is 356 g/mol. The first-order valence-electron chi connectivity index (χ1n) is 8.40. The van der Waals surface area contributed by atoms with E-state index in [-0.39, 0.29) is 12.5 Å². The van der Waals surface area contributed by atoms with Crippen molar-refractivity contribution >= 4 is 17.6 Å². The zero-order valence-electron chi connectivity index (χ0n) is 15.1. The van der Waals surface area contributed by atoms with Crippen LogP contribution in [0.25, 0.3) is 0 Å². The quantitative estimate of drug-likeness (QED) is 0.700. The fraction of sp³-hybridized carbons (Fsp3) is 0.300. The van der Waals surface area contributed by atoms with Crippen molar-refractivity contribution in [1.82, 2.24) is 4.90 Å². The molecule has 0 aliphatic heterocycles. The van der Waals surface area contributed by atoms with Crippen molar-refractivity contribution in [3.05, 3.63) is 65.7 Å². The number of hydrogen-bond donors (Lipinski definition) is 1. The molecule has 1 N–H and O–H groups in total. The lowest BCUT2D eigenvalue weighted by atomic mass is 10.2. The van der Waals surface area contributed by atoms with Crippen LogP contribution in [0.4, 0.5) is 5.69 Å². The van der Waals surface area contributed by atoms with E-state index in [1.807, 2.05) is 36.4 Å². The largest absolute Gasteiger partial charge is 0.452 e. The molecule has 0 spiro atoms. The van der Waals surface area contributed by atoms with Gasteiger partial charge >= 0.3 is 5.97 Å². The summed E-state index contributed by atoms with van der Waals surface area (Å²) in [5, 5.41) is 2.93. The van der Waals surface area contributed by atoms with Crippen molar-refractivity contribution in [1.29, 1.82) is 0 Å². The molecule has 0 unspecified atom stereocenters. The van der Waals surface area contributed by atoms with Crippen LogP contribution in [0.1, 0.15) is 15.9 Å². The zero-order chi connectivity index (χ0) is 18.8. The summed E-state index contributed by atoms with van der Waals surface area (Å²) in [6.45, 7) is 0.963. The van der Waals surface area contributed by atoms with Gasteiger partial charge in [0.15, 0.2) is 6.61 Å². The summed E-state index contributed by atoms with van der Waals surface area (Å²) in [6, 6.07) is 16.7. The van der Waals surface area contributed by atoms with Gasteiger partial charge in [0.1, 0.15) is 0 Å². The number of nitrogens with one attached hydrogen (secondary N) is 1. The van der Waals surface area contributed by atoms with Crippen molar-refractivity contribution < 1.29 is 19.1 Å². The van der Waals surface area contributed by atoms with Crippen molar-refractivity contribution in [3.63, 3.8) is 0 Å². The summed E-state index contributed by atoms with van der Waals surface area (Å²) in [7, 11) is 3.31. The van der Waals surface area contributed by atoms with E-state index >= 15 is 0 Å². The summed E-state index contributed by atoms with van der Waals surface area (Å²) in [5.41, 5.74) is 2.06. The van der Waals surface area contributed by atoms with Crippen LogP contribution in [0.5, 0.6) is 0 Å². The smallest absolute Gasteiger partial charge is 0.340 e. The van der Waals surface area contributed by atoms with Gasteiger partial charge in [0, 0.05) is 32.9 Å². The highest BCUT2D eigenvalue weighted by molar-refractivity contribution is 5.96. The first kappa shape index (κ1) is 19.5. The fourth-order valence-electron chi connectivity index (χ4n) is 2.47. The molecule has 2 rings (SSSR count). The van der Waals surface area contributed by atoms with Crippen LogP contribution in [0.2, 0.25) is 0 Å². The monoisotopic (exact) mass is 356 g/mol. The van der Waals surface area contributed by atoms with Crippen LogP contribution in [-0.4, -0.2) is 50.7 Å². The second-order valence-electron chi connectivity index (χ2n) is 5.67. The van der Waals surface area contributed by atoms with Crippen LogP contribution < -0.4 is 5.32 Å². The highest BCUT2D eigenvalue weighted by Gasteiger charge is 2.18. The van der Waals surface area contributed by atoms with Gasteiger partial charge in [-0.3, -0.25) is 4.79 Å². The molecule has 138 valence electrons. The molecule has 0 heterocycles. The summed E-state index contributed by atoms with van der Waals surface area (Å²) >= 11 is 0. The molecular formula is C20H24N2O4. The van der Waals surface area contributed by atoms with Crippen LogP contribution in [0, 0.1) is 0 Å². The number of ether oxygens (including phenoxy) is 2. The highest BCUT2D eigenvalue weighted by Crippen LogP contribution is 2.15. The van der Waals surface area contributed by atoms with E-state index in [4.69, 9.17) is 9.47 Å². The molecule has 0 bridgehead atoms. The van der Waals surface area contributed by atoms with E-state index in [1.54, 1.807) is 37.3 Å². The molecule has 6 heteroatoms. The van der Waals surface area contributed by atoms with E-state index in [0.717, 1.165) is 5.56 Å². The van der Waals surface area contributed by atoms with Gasteiger partial charge < -0.3 is 19.7 Å². The first-order valence-corrected chi connectivity index (χ1v) is 8.40. The average Bonchev–Trinajstić information content (AvgIpc) is 2.69. The minimum Gasteiger partial charge on any atom is -0.452 e. The molecular weight excluding hydrogens is 332 g/mol. The van der Waals surface area contributed by atoms with Crippen LogP contribution >= 0.6 is 0 Å². The predicted molar refractivity (Wildman–Crippen MR) is 100 cm³/mol. The van der Waals surface area contributed by atoms with Crippen molar-refractivity contribution in [3.8, 4) is 0 Å². The molecule has 0 aromatic heterocycles. The standard InChI is InChI=1S/C20H24N2O4/c1-21-18-11-7-6-10-17(18)20(24)26-15-19(23)22(12-13-25-2)14-16-8-4-3-5-9-16/h3-11,21H,12-15H2,1-2H3. The highest BCUT2D eigenvalue weighted by atomic mass is 16.5. The molecule has 1 amide bonds. The lowest BCUT2D eigenvalue weighted by molar-refractivity contribution is -0.135. The molecule has 0 saturated carbocycles. The van der Waals surface area contributed by atoms with Gasteiger partial charge in [-0.25, -0.2) is 4.79 Å². The second kappa shape index (κ2) is 10.2. The Morgan fingerprint density at radius 1 is 1.04 bits per heavy atom. The number of anilines is 1. The van der Waals surface area contributed by atoms with Gasteiger partial charge in [-0.2, -0.15) is 0 Å². The number of carbonyl (C=O) groups excluding carboxylic acids is 2. The molecule has 0 radical (unpaired) electrons. The number of rotatable bonds is 9. The molecule has 0 atom stereocenters. The molecule has 0 saturated heterocycles. The second-order valence-corrected chi connectivity index (χ2v) is 5.67. The number of benzene rings is 2. The van der Waals surface area contributed by atoms with Gasteiger partial charge in [0.25, 0.3) is 5.91 Å². The maximum atomic E-state index is 12.5. The number of hydrogen-bond acceptors (Lipinski definition) is 5. The number of para-hydroxylation sites is 1. The van der Waals surface area contributed by atoms with Crippen LogP contribution in [0.15, 0.2) is 54.6 Å². The Labute approximate surface area is 153 Å². The number of nitrogens with zero attached hydrogens (tertiary/aromatic N) is 1. The Bertz CT molecular complexity index is 719.